The first kappa shape index (κ1) is 25.6. The summed E-state index contributed by atoms with van der Waals surface area (Å²) in [6.07, 6.45) is 5.66. The predicted molar refractivity (Wildman–Crippen MR) is 120 cm³/mol. The summed E-state index contributed by atoms with van der Waals surface area (Å²) in [4.78, 5) is 19.9. The van der Waals surface area contributed by atoms with Crippen LogP contribution in [0.25, 0.3) is 0 Å². The van der Waals surface area contributed by atoms with Gasteiger partial charge in [0.2, 0.25) is 0 Å². The maximum absolute atomic E-state index is 11.3. The summed E-state index contributed by atoms with van der Waals surface area (Å²) < 4.78 is 17.6. The number of amides is 1. The minimum absolute atomic E-state index is 0.371. The van der Waals surface area contributed by atoms with E-state index < -0.39 is 29.5 Å². The molecule has 174 valence electrons. The molecule has 31 heavy (non-hydrogen) atoms. The molecule has 1 aromatic heterocycles. The fraction of sp³-hybridized carbons (Fsp3) is 0.682. The second-order valence-corrected chi connectivity index (χ2v) is 9.72. The van der Waals surface area contributed by atoms with Gasteiger partial charge in [-0.1, -0.05) is 23.4 Å². The average Bonchev–Trinajstić information content (AvgIpc) is 2.70. The third-order valence-electron chi connectivity index (χ3n) is 5.37. The van der Waals surface area contributed by atoms with Crippen molar-refractivity contribution in [2.24, 2.45) is 5.73 Å². The lowest BCUT2D eigenvalue weighted by Crippen LogP contribution is -2.54. The molecule has 0 saturated heterocycles. The van der Waals surface area contributed by atoms with Crippen LogP contribution in [0.5, 0.6) is 0 Å². The molecule has 2 rings (SSSR count). The average molecular weight is 454 g/mol. The minimum Gasteiger partial charge on any atom is -0.444 e. The van der Waals surface area contributed by atoms with Crippen molar-refractivity contribution >= 4 is 17.9 Å². The number of carbonyl (C=O) groups excluding carboxylic acids is 1. The lowest BCUT2D eigenvalue weighted by molar-refractivity contribution is -0.191. The fourth-order valence-corrected chi connectivity index (χ4v) is 4.66. The van der Waals surface area contributed by atoms with Crippen molar-refractivity contribution in [3.63, 3.8) is 0 Å². The number of hydrogen-bond acceptors (Lipinski definition) is 8. The quantitative estimate of drug-likeness (QED) is 0.314. The number of thioether (sulfide) groups is 1. The van der Waals surface area contributed by atoms with Gasteiger partial charge in [0.15, 0.2) is 5.16 Å². The first-order valence-corrected chi connectivity index (χ1v) is 11.5. The molecule has 8 nitrogen and oxygen atoms in total. The molecule has 0 bridgehead atoms. The Morgan fingerprint density at radius 3 is 2.61 bits per heavy atom. The van der Waals surface area contributed by atoms with Gasteiger partial charge >= 0.3 is 6.09 Å². The zero-order valence-corrected chi connectivity index (χ0v) is 19.9. The van der Waals surface area contributed by atoms with Crippen LogP contribution in [0, 0.1) is 0 Å². The van der Waals surface area contributed by atoms with Crippen LogP contribution in [0.1, 0.15) is 53.4 Å². The highest BCUT2D eigenvalue weighted by atomic mass is 32.2. The Hall–Kier alpha value is -1.68. The number of primary amides is 1. The molecule has 0 spiro atoms. The summed E-state index contributed by atoms with van der Waals surface area (Å²) in [6.45, 7) is 7.56. The highest BCUT2D eigenvalue weighted by Gasteiger charge is 2.46. The Morgan fingerprint density at radius 1 is 1.39 bits per heavy atom. The molecule has 1 heterocycles. The van der Waals surface area contributed by atoms with Crippen molar-refractivity contribution < 1.29 is 24.1 Å². The molecule has 9 heteroatoms. The summed E-state index contributed by atoms with van der Waals surface area (Å²) >= 11 is 1.50. The number of ether oxygens (including phenoxy) is 3. The normalized spacial score (nSPS) is 25.0. The number of nitrogens with two attached hydrogens (primary N) is 1. The zero-order valence-electron chi connectivity index (χ0n) is 19.0. The Labute approximate surface area is 189 Å². The molecule has 1 saturated carbocycles. The molecule has 1 fully saturated rings. The van der Waals surface area contributed by atoms with Crippen molar-refractivity contribution in [3.8, 4) is 0 Å². The minimum atomic E-state index is -1.05. The van der Waals surface area contributed by atoms with E-state index in [1.54, 1.807) is 39.4 Å². The number of aliphatic hydroxyl groups is 1. The maximum atomic E-state index is 11.3. The van der Waals surface area contributed by atoms with E-state index in [0.717, 1.165) is 5.57 Å². The highest BCUT2D eigenvalue weighted by Crippen LogP contribution is 2.40. The molecular weight excluding hydrogens is 418 g/mol. The van der Waals surface area contributed by atoms with E-state index in [0.29, 0.717) is 36.6 Å². The van der Waals surface area contributed by atoms with Gasteiger partial charge in [-0.25, -0.2) is 14.8 Å². The smallest absolute Gasteiger partial charge is 0.404 e. The van der Waals surface area contributed by atoms with Crippen molar-refractivity contribution in [1.29, 1.82) is 0 Å². The summed E-state index contributed by atoms with van der Waals surface area (Å²) in [6, 6.07) is 1.77. The van der Waals surface area contributed by atoms with Crippen LogP contribution in [-0.2, 0) is 14.2 Å². The monoisotopic (exact) mass is 453 g/mol. The number of rotatable bonds is 10. The third kappa shape index (κ3) is 8.07. The van der Waals surface area contributed by atoms with E-state index >= 15 is 0 Å². The van der Waals surface area contributed by atoms with Crippen molar-refractivity contribution in [3.05, 3.63) is 30.1 Å². The Bertz CT molecular complexity index is 736. The van der Waals surface area contributed by atoms with Crippen molar-refractivity contribution in [2.75, 3.05) is 12.9 Å². The SMILES string of the molecule is COC1C[C@](CSc2ncccn2)(O[C@@H](CC=C(C)C)C(C)(C)O)CCC1OC(N)=O. The predicted octanol–water partition coefficient (Wildman–Crippen LogP) is 3.48. The van der Waals surface area contributed by atoms with E-state index in [9.17, 15) is 9.90 Å². The summed E-state index contributed by atoms with van der Waals surface area (Å²) in [5, 5.41) is 11.5. The van der Waals surface area contributed by atoms with Gasteiger partial charge in [0.25, 0.3) is 0 Å². The lowest BCUT2D eigenvalue weighted by atomic mass is 9.81. The molecule has 0 aromatic carbocycles. The van der Waals surface area contributed by atoms with Gasteiger partial charge in [0.05, 0.1) is 23.4 Å². The van der Waals surface area contributed by atoms with Crippen molar-refractivity contribution in [2.45, 2.75) is 88.0 Å². The third-order valence-corrected chi connectivity index (χ3v) is 6.51. The lowest BCUT2D eigenvalue weighted by Gasteiger charge is -2.46. The first-order chi connectivity index (χ1) is 14.5. The molecule has 1 aliphatic rings. The van der Waals surface area contributed by atoms with Crippen LogP contribution in [0.4, 0.5) is 4.79 Å². The van der Waals surface area contributed by atoms with Gasteiger partial charge in [-0.3, -0.25) is 0 Å². The number of methoxy groups -OCH3 is 1. The molecule has 3 N–H and O–H groups in total. The van der Waals surface area contributed by atoms with E-state index in [1.807, 2.05) is 13.8 Å². The molecular formula is C22H35N3O5S. The van der Waals surface area contributed by atoms with Gasteiger partial charge < -0.3 is 25.1 Å². The van der Waals surface area contributed by atoms with E-state index in [4.69, 9.17) is 19.9 Å². The molecule has 0 radical (unpaired) electrons. The van der Waals surface area contributed by atoms with Crippen LogP contribution < -0.4 is 5.73 Å². The second-order valence-electron chi connectivity index (χ2n) is 8.77. The number of nitrogens with zero attached hydrogens (tertiary/aromatic N) is 2. The van der Waals surface area contributed by atoms with Gasteiger partial charge in [-0.2, -0.15) is 0 Å². The topological polar surface area (TPSA) is 117 Å². The van der Waals surface area contributed by atoms with Crippen LogP contribution >= 0.6 is 11.8 Å². The standard InChI is InChI=1S/C22H35N3O5S/c1-15(2)7-8-18(21(3,4)27)30-22(14-31-20-24-11-6-12-25-20)10-9-16(29-19(23)26)17(13-22)28-5/h6-7,11-12,16-18,27H,8-10,13-14H2,1-5H3,(H2,23,26)/t16?,17?,18-,22+/m0/s1. The summed E-state index contributed by atoms with van der Waals surface area (Å²) in [7, 11) is 1.59. The number of hydrogen-bond donors (Lipinski definition) is 2. The Balaban J connectivity index is 2.28. The molecule has 2 unspecified atom stereocenters. The maximum Gasteiger partial charge on any atom is 0.404 e. The van der Waals surface area contributed by atoms with E-state index in [2.05, 4.69) is 16.0 Å². The van der Waals surface area contributed by atoms with Gasteiger partial charge in [0.1, 0.15) is 6.10 Å². The van der Waals surface area contributed by atoms with Gasteiger partial charge in [-0.15, -0.1) is 0 Å². The van der Waals surface area contributed by atoms with Gasteiger partial charge in [-0.05, 0) is 53.0 Å². The largest absolute Gasteiger partial charge is 0.444 e. The summed E-state index contributed by atoms with van der Waals surface area (Å²) in [5.74, 6) is 0.571. The molecule has 1 aliphatic carbocycles. The molecule has 1 aromatic rings. The van der Waals surface area contributed by atoms with Crippen LogP contribution in [0.15, 0.2) is 35.3 Å². The number of allylic oxidation sites excluding steroid dienone is 1. The second kappa shape index (κ2) is 11.3. The Kier molecular flexibility index (Phi) is 9.29. The Morgan fingerprint density at radius 2 is 2.06 bits per heavy atom. The first-order valence-electron chi connectivity index (χ1n) is 10.5. The van der Waals surface area contributed by atoms with Crippen molar-refractivity contribution in [1.82, 2.24) is 9.97 Å². The van der Waals surface area contributed by atoms with Crippen LogP contribution in [-0.4, -0.2) is 63.5 Å². The number of carbonyl (C=O) groups is 1. The zero-order chi connectivity index (χ0) is 23.1. The molecule has 0 aliphatic heterocycles. The fourth-order valence-electron chi connectivity index (χ4n) is 3.66. The molecule has 4 atom stereocenters. The molecule has 1 amide bonds. The summed E-state index contributed by atoms with van der Waals surface area (Å²) in [5.41, 5.74) is 4.73. The highest BCUT2D eigenvalue weighted by molar-refractivity contribution is 7.99. The van der Waals surface area contributed by atoms with Crippen LogP contribution in [0.3, 0.4) is 0 Å². The van der Waals surface area contributed by atoms with E-state index in [1.165, 1.54) is 11.8 Å². The van der Waals surface area contributed by atoms with Gasteiger partial charge in [0, 0.05) is 31.7 Å². The van der Waals surface area contributed by atoms with E-state index in [-0.39, 0.29) is 6.10 Å². The number of aromatic nitrogens is 2. The van der Waals surface area contributed by atoms with Crippen LogP contribution in [0.2, 0.25) is 0 Å².